The van der Waals surface area contributed by atoms with Gasteiger partial charge in [-0.25, -0.2) is 14.8 Å². The van der Waals surface area contributed by atoms with E-state index in [1.807, 2.05) is 72.8 Å². The van der Waals surface area contributed by atoms with Crippen molar-refractivity contribution in [3.63, 3.8) is 0 Å². The normalized spacial score (nSPS) is 21.6. The molecule has 5 rings (SSSR count). The van der Waals surface area contributed by atoms with Crippen LogP contribution in [0.25, 0.3) is 12.2 Å². The predicted molar refractivity (Wildman–Crippen MR) is 103 cm³/mol. The maximum absolute atomic E-state index is 11.3. The fourth-order valence-corrected chi connectivity index (χ4v) is 3.23. The summed E-state index contributed by atoms with van der Waals surface area (Å²) >= 11 is 0. The van der Waals surface area contributed by atoms with E-state index in [-0.39, 0.29) is 25.5 Å². The molecule has 0 fully saturated rings. The van der Waals surface area contributed by atoms with Crippen molar-refractivity contribution in [3.05, 3.63) is 88.0 Å². The first kappa shape index (κ1) is 17.4. The van der Waals surface area contributed by atoms with Crippen LogP contribution < -0.4 is 16.0 Å². The monoisotopic (exact) mass is 440 g/mol. The maximum atomic E-state index is 11.3. The van der Waals surface area contributed by atoms with Crippen LogP contribution in [0.1, 0.15) is 0 Å². The van der Waals surface area contributed by atoms with E-state index in [4.69, 9.17) is 0 Å². The first-order chi connectivity index (χ1) is 12.7. The van der Waals surface area contributed by atoms with Gasteiger partial charge >= 0.3 is 0 Å². The number of carbonyl (C=O) groups excluding carboxylic acids is 1. The third-order valence-corrected chi connectivity index (χ3v) is 4.43. The molecule has 0 aromatic carbocycles. The smallest absolute Gasteiger partial charge is 0.130 e. The van der Waals surface area contributed by atoms with Gasteiger partial charge in [0, 0.05) is 35.9 Å². The number of nitrogens with zero attached hydrogens (tertiary/aromatic N) is 2. The number of fused-ring (bicyclic) bond motifs is 6. The largest absolute Gasteiger partial charge is 0.374 e. The van der Waals surface area contributed by atoms with Crippen LogP contribution in [0, 0.1) is 0 Å². The van der Waals surface area contributed by atoms with Crippen LogP contribution in [0.5, 0.6) is 0 Å². The number of aromatic amines is 1. The summed E-state index contributed by atoms with van der Waals surface area (Å²) in [5.74, 6) is 2.02. The molecule has 1 atom stereocenters. The molecular formula is C21H14N4ORu. The average Bonchev–Trinajstić information content (AvgIpc) is 3.39. The molecule has 5 heterocycles. The van der Waals surface area contributed by atoms with Crippen molar-refractivity contribution in [2.45, 2.75) is 6.04 Å². The van der Waals surface area contributed by atoms with E-state index in [1.165, 1.54) is 0 Å². The van der Waals surface area contributed by atoms with Crippen molar-refractivity contribution in [1.29, 1.82) is 0 Å². The molecule has 1 unspecified atom stereocenters. The summed E-state index contributed by atoms with van der Waals surface area (Å²) in [6.45, 7) is 0. The summed E-state index contributed by atoms with van der Waals surface area (Å²) in [6.07, 6.45) is 17.5. The summed E-state index contributed by atoms with van der Waals surface area (Å²) < 4.78 is 0. The van der Waals surface area contributed by atoms with Gasteiger partial charge in [-0.05, 0) is 66.8 Å². The molecule has 2 N–H and O–H groups in total. The Bertz CT molecular complexity index is 1210. The molecular weight excluding hydrogens is 425 g/mol. The van der Waals surface area contributed by atoms with Crippen molar-refractivity contribution in [2.24, 2.45) is 9.98 Å². The summed E-state index contributed by atoms with van der Waals surface area (Å²) in [5, 5.41) is 5.24. The Morgan fingerprint density at radius 1 is 0.852 bits per heavy atom. The number of aromatic nitrogens is 1. The fraction of sp³-hybridized carbons (Fsp3) is 0.0476. The van der Waals surface area contributed by atoms with Crippen LogP contribution in [-0.2, 0) is 24.3 Å². The molecule has 0 saturated carbocycles. The Balaban J connectivity index is 0.00000180. The number of nitrogens with one attached hydrogen (secondary N) is 2. The average molecular weight is 439 g/mol. The van der Waals surface area contributed by atoms with Crippen LogP contribution in [0.2, 0.25) is 0 Å². The van der Waals surface area contributed by atoms with Crippen molar-refractivity contribution >= 4 is 29.5 Å². The molecule has 4 aliphatic rings. The van der Waals surface area contributed by atoms with Crippen molar-refractivity contribution in [3.8, 4) is 0 Å². The number of H-pyrrole nitrogens is 1. The van der Waals surface area contributed by atoms with Gasteiger partial charge in [0.15, 0.2) is 0 Å². The summed E-state index contributed by atoms with van der Waals surface area (Å²) in [6, 6.07) is 3.76. The van der Waals surface area contributed by atoms with Crippen LogP contribution in [-0.4, -0.2) is 28.4 Å². The maximum Gasteiger partial charge on any atom is 0.130 e. The molecule has 1 aromatic rings. The second-order valence-corrected chi connectivity index (χ2v) is 6.34. The van der Waals surface area contributed by atoms with Crippen LogP contribution >= 0.6 is 0 Å². The Labute approximate surface area is 168 Å². The second-order valence-electron chi connectivity index (χ2n) is 6.34. The Morgan fingerprint density at radius 3 is 2.37 bits per heavy atom. The van der Waals surface area contributed by atoms with Gasteiger partial charge in [-0.3, -0.25) is 0 Å². The first-order valence-electron chi connectivity index (χ1n) is 8.34. The van der Waals surface area contributed by atoms with Gasteiger partial charge in [-0.15, -0.1) is 0 Å². The number of rotatable bonds is 0. The first-order valence-corrected chi connectivity index (χ1v) is 8.34. The van der Waals surface area contributed by atoms with Crippen LogP contribution in [0.15, 0.2) is 87.3 Å². The zero-order chi connectivity index (χ0) is 17.5. The van der Waals surface area contributed by atoms with E-state index in [2.05, 4.69) is 20.3 Å². The van der Waals surface area contributed by atoms with Crippen LogP contribution in [0.3, 0.4) is 0 Å². The third-order valence-electron chi connectivity index (χ3n) is 4.43. The summed E-state index contributed by atoms with van der Waals surface area (Å²) in [4.78, 5) is 23.8. The number of allylic oxidation sites excluding steroid dienone is 6. The van der Waals surface area contributed by atoms with Crippen molar-refractivity contribution in [1.82, 2.24) is 10.3 Å². The van der Waals surface area contributed by atoms with E-state index in [9.17, 15) is 4.79 Å². The molecule has 0 saturated heterocycles. The second kappa shape index (κ2) is 6.92. The molecule has 27 heavy (non-hydrogen) atoms. The van der Waals surface area contributed by atoms with Gasteiger partial charge in [-0.1, -0.05) is 0 Å². The summed E-state index contributed by atoms with van der Waals surface area (Å²) in [7, 11) is 0. The van der Waals surface area contributed by atoms with Crippen molar-refractivity contribution < 1.29 is 24.3 Å². The number of hydrogen-bond donors (Lipinski definition) is 2. The fourth-order valence-electron chi connectivity index (χ4n) is 3.23. The Morgan fingerprint density at radius 2 is 1.56 bits per heavy atom. The van der Waals surface area contributed by atoms with Gasteiger partial charge in [0.1, 0.15) is 5.94 Å². The van der Waals surface area contributed by atoms with Gasteiger partial charge in [0.25, 0.3) is 0 Å². The van der Waals surface area contributed by atoms with E-state index in [1.54, 1.807) is 0 Å². The molecule has 8 bridgehead atoms. The van der Waals surface area contributed by atoms with E-state index >= 15 is 0 Å². The van der Waals surface area contributed by atoms with Gasteiger partial charge < -0.3 is 10.3 Å². The van der Waals surface area contributed by atoms with Gasteiger partial charge in [0.2, 0.25) is 0 Å². The molecule has 0 amide bonds. The minimum absolute atomic E-state index is 0. The van der Waals surface area contributed by atoms with Crippen molar-refractivity contribution in [2.75, 3.05) is 0 Å². The molecule has 4 aliphatic heterocycles. The molecule has 0 radical (unpaired) electrons. The molecule has 6 heteroatoms. The quantitative estimate of drug-likeness (QED) is 0.468. The molecule has 0 spiro atoms. The number of hydrogen-bond acceptors (Lipinski definition) is 4. The SMILES string of the molecule is O=C=C1C=C2C=c3ccc([nH]3)=CC3=NC(=CC4=NC(=CC1N2)C=C4)C=C3.[Ru]. The zero-order valence-electron chi connectivity index (χ0n) is 14.1. The number of aliphatic imine (C=N–C) groups is 2. The minimum Gasteiger partial charge on any atom is -0.374 e. The standard InChI is InChI=1S/C21H14N4O.Ru/c26-12-13-7-20-10-18-4-3-16(23-18)8-14-1-2-15(22-14)9-17-5-6-19(24-17)11-21(13)25-20;/h1-11,21,23,25H;. The molecule has 5 nitrogen and oxygen atoms in total. The zero-order valence-corrected chi connectivity index (χ0v) is 15.8. The molecule has 0 aliphatic carbocycles. The topological polar surface area (TPSA) is 69.6 Å². The van der Waals surface area contributed by atoms with Gasteiger partial charge in [-0.2, -0.15) is 0 Å². The van der Waals surface area contributed by atoms with Gasteiger partial charge in [0.05, 0.1) is 34.4 Å². The Kier molecular flexibility index (Phi) is 4.45. The van der Waals surface area contributed by atoms with E-state index in [0.717, 1.165) is 39.2 Å². The third kappa shape index (κ3) is 3.45. The molecule has 1 aromatic heterocycles. The molecule has 132 valence electrons. The Hall–Kier alpha value is -3.07. The summed E-state index contributed by atoms with van der Waals surface area (Å²) in [5.41, 5.74) is 4.82. The van der Waals surface area contributed by atoms with Crippen LogP contribution in [0.4, 0.5) is 0 Å². The van der Waals surface area contributed by atoms with E-state index in [0.29, 0.717) is 5.57 Å². The van der Waals surface area contributed by atoms with E-state index < -0.39 is 0 Å². The predicted octanol–water partition coefficient (Wildman–Crippen LogP) is 0.990. The minimum atomic E-state index is -0.237.